The predicted octanol–water partition coefficient (Wildman–Crippen LogP) is 3.93. The van der Waals surface area contributed by atoms with Crippen molar-refractivity contribution < 1.29 is 14.3 Å². The van der Waals surface area contributed by atoms with E-state index in [0.717, 1.165) is 15.9 Å². The lowest BCUT2D eigenvalue weighted by atomic mass is 10.2. The molecule has 0 spiro atoms. The van der Waals surface area contributed by atoms with Gasteiger partial charge < -0.3 is 15.4 Å². The third kappa shape index (κ3) is 4.98. The number of rotatable bonds is 6. The number of benzene rings is 2. The first kappa shape index (κ1) is 18.7. The van der Waals surface area contributed by atoms with Crippen molar-refractivity contribution in [3.05, 3.63) is 54.6 Å². The van der Waals surface area contributed by atoms with Crippen molar-refractivity contribution in [2.45, 2.75) is 11.9 Å². The van der Waals surface area contributed by atoms with Gasteiger partial charge in [0.25, 0.3) is 0 Å². The molecule has 0 atom stereocenters. The average Bonchev–Trinajstić information content (AvgIpc) is 2.66. The zero-order valence-corrected chi connectivity index (χ0v) is 15.8. The van der Waals surface area contributed by atoms with Crippen LogP contribution < -0.4 is 15.4 Å². The van der Waals surface area contributed by atoms with Crippen LogP contribution in [0.15, 0.2) is 59.6 Å². The fraction of sp³-hybridized carbons (Fsp3) is 0.150. The summed E-state index contributed by atoms with van der Waals surface area (Å²) in [5.74, 6) is 0.355. The molecule has 0 saturated heterocycles. The van der Waals surface area contributed by atoms with Gasteiger partial charge in [-0.15, -0.1) is 0 Å². The highest BCUT2D eigenvalue weighted by Crippen LogP contribution is 2.28. The Hall–Kier alpha value is -3.06. The van der Waals surface area contributed by atoms with Crippen LogP contribution in [0.1, 0.15) is 6.92 Å². The molecule has 0 bridgehead atoms. The topological polar surface area (TPSA) is 80.3 Å². The lowest BCUT2D eigenvalue weighted by Crippen LogP contribution is -2.15. The Labute approximate surface area is 161 Å². The van der Waals surface area contributed by atoms with Crippen molar-refractivity contribution in [3.8, 4) is 5.75 Å². The Bertz CT molecular complexity index is 991. The molecule has 7 heteroatoms. The van der Waals surface area contributed by atoms with Crippen molar-refractivity contribution in [1.82, 2.24) is 4.98 Å². The molecule has 2 aromatic carbocycles. The number of fused-ring (bicyclic) bond motifs is 1. The number of amides is 2. The fourth-order valence-corrected chi connectivity index (χ4v) is 3.22. The van der Waals surface area contributed by atoms with Gasteiger partial charge in [0.2, 0.25) is 11.8 Å². The maximum Gasteiger partial charge on any atom is 0.234 e. The molecule has 27 heavy (non-hydrogen) atoms. The second-order valence-corrected chi connectivity index (χ2v) is 6.77. The molecule has 138 valence electrons. The zero-order chi connectivity index (χ0) is 19.2. The number of anilines is 2. The van der Waals surface area contributed by atoms with Crippen LogP contribution >= 0.6 is 11.8 Å². The maximum atomic E-state index is 12.3. The summed E-state index contributed by atoms with van der Waals surface area (Å²) >= 11 is 1.36. The molecule has 0 aliphatic rings. The first-order valence-corrected chi connectivity index (χ1v) is 9.28. The van der Waals surface area contributed by atoms with Crippen LogP contribution in [-0.2, 0) is 9.59 Å². The lowest BCUT2D eigenvalue weighted by molar-refractivity contribution is -0.114. The van der Waals surface area contributed by atoms with E-state index in [2.05, 4.69) is 15.6 Å². The van der Waals surface area contributed by atoms with E-state index in [-0.39, 0.29) is 17.6 Å². The van der Waals surface area contributed by atoms with E-state index < -0.39 is 0 Å². The minimum absolute atomic E-state index is 0.185. The van der Waals surface area contributed by atoms with Gasteiger partial charge in [-0.05, 0) is 30.3 Å². The summed E-state index contributed by atoms with van der Waals surface area (Å²) < 4.78 is 5.27. The van der Waals surface area contributed by atoms with Crippen LogP contribution in [0.2, 0.25) is 0 Å². The Morgan fingerprint density at radius 2 is 1.89 bits per heavy atom. The number of carbonyl (C=O) groups excluding carboxylic acids is 2. The molecular weight excluding hydrogens is 362 g/mol. The van der Waals surface area contributed by atoms with Crippen LogP contribution in [0, 0.1) is 0 Å². The first-order chi connectivity index (χ1) is 13.0. The van der Waals surface area contributed by atoms with E-state index in [0.29, 0.717) is 17.1 Å². The molecule has 0 radical (unpaired) electrons. The number of methoxy groups -OCH3 is 1. The molecule has 6 nitrogen and oxygen atoms in total. The monoisotopic (exact) mass is 381 g/mol. The molecule has 2 N–H and O–H groups in total. The Morgan fingerprint density at radius 1 is 1.07 bits per heavy atom. The highest BCUT2D eigenvalue weighted by atomic mass is 32.2. The van der Waals surface area contributed by atoms with E-state index in [1.54, 1.807) is 18.2 Å². The van der Waals surface area contributed by atoms with Gasteiger partial charge in [-0.1, -0.05) is 36.0 Å². The average molecular weight is 381 g/mol. The number of para-hydroxylation sites is 1. The maximum absolute atomic E-state index is 12.3. The number of hydrogen-bond acceptors (Lipinski definition) is 5. The van der Waals surface area contributed by atoms with Gasteiger partial charge in [-0.25, -0.2) is 4.98 Å². The quantitative estimate of drug-likeness (QED) is 0.633. The second-order valence-electron chi connectivity index (χ2n) is 5.78. The normalized spacial score (nSPS) is 10.4. The first-order valence-electron chi connectivity index (χ1n) is 8.29. The molecular formula is C20H19N3O3S. The molecule has 3 aromatic rings. The summed E-state index contributed by atoms with van der Waals surface area (Å²) in [6, 6.07) is 16.8. The highest BCUT2D eigenvalue weighted by Gasteiger charge is 2.10. The number of hydrogen-bond donors (Lipinski definition) is 2. The smallest absolute Gasteiger partial charge is 0.234 e. The molecule has 2 amide bonds. The number of thioether (sulfide) groups is 1. The number of aromatic nitrogens is 1. The van der Waals surface area contributed by atoms with Crippen molar-refractivity contribution in [2.75, 3.05) is 23.5 Å². The molecule has 0 aliphatic heterocycles. The summed E-state index contributed by atoms with van der Waals surface area (Å²) in [5, 5.41) is 7.34. The minimum Gasteiger partial charge on any atom is -0.495 e. The molecule has 0 fully saturated rings. The Kier molecular flexibility index (Phi) is 5.93. The summed E-state index contributed by atoms with van der Waals surface area (Å²) in [6.07, 6.45) is 0. The Balaban J connectivity index is 1.66. The van der Waals surface area contributed by atoms with E-state index in [4.69, 9.17) is 4.74 Å². The van der Waals surface area contributed by atoms with Gasteiger partial charge >= 0.3 is 0 Å². The van der Waals surface area contributed by atoms with Crippen LogP contribution in [0.4, 0.5) is 11.4 Å². The lowest BCUT2D eigenvalue weighted by Gasteiger charge is -2.12. The van der Waals surface area contributed by atoms with E-state index in [1.165, 1.54) is 25.8 Å². The summed E-state index contributed by atoms with van der Waals surface area (Å²) in [5.41, 5.74) is 1.98. The van der Waals surface area contributed by atoms with Crippen LogP contribution in [0.3, 0.4) is 0 Å². The number of nitrogens with one attached hydrogen (secondary N) is 2. The molecule has 0 unspecified atom stereocenters. The standard InChI is InChI=1S/C20H19N3O3S/c1-13(24)21-15-8-9-18(26-2)17(11-15)22-19(25)12-27-20-10-7-14-5-3-4-6-16(14)23-20/h3-11H,12H2,1-2H3,(H,21,24)(H,22,25). The van der Waals surface area contributed by atoms with Gasteiger partial charge in [-0.3, -0.25) is 9.59 Å². The summed E-state index contributed by atoms with van der Waals surface area (Å²) in [6.45, 7) is 1.43. The number of pyridine rings is 1. The molecule has 3 rings (SSSR count). The number of nitrogens with zero attached hydrogens (tertiary/aromatic N) is 1. The summed E-state index contributed by atoms with van der Waals surface area (Å²) in [4.78, 5) is 28.1. The van der Waals surface area contributed by atoms with Crippen molar-refractivity contribution in [2.24, 2.45) is 0 Å². The molecule has 0 saturated carbocycles. The van der Waals surface area contributed by atoms with E-state index in [9.17, 15) is 9.59 Å². The van der Waals surface area contributed by atoms with Gasteiger partial charge in [-0.2, -0.15) is 0 Å². The molecule has 1 aromatic heterocycles. The van der Waals surface area contributed by atoms with Crippen LogP contribution in [0.5, 0.6) is 5.75 Å². The number of ether oxygens (including phenoxy) is 1. The largest absolute Gasteiger partial charge is 0.495 e. The SMILES string of the molecule is COc1ccc(NC(C)=O)cc1NC(=O)CSc1ccc2ccccc2n1. The van der Waals surface area contributed by atoms with Crippen molar-refractivity contribution in [3.63, 3.8) is 0 Å². The van der Waals surface area contributed by atoms with Gasteiger partial charge in [0.05, 0.1) is 29.1 Å². The minimum atomic E-state index is -0.187. The third-order valence-corrected chi connectivity index (χ3v) is 4.65. The summed E-state index contributed by atoms with van der Waals surface area (Å²) in [7, 11) is 1.52. The number of carbonyl (C=O) groups is 2. The Morgan fingerprint density at radius 3 is 2.67 bits per heavy atom. The van der Waals surface area contributed by atoms with Gasteiger partial charge in [0.15, 0.2) is 0 Å². The third-order valence-electron chi connectivity index (χ3n) is 3.72. The fourth-order valence-electron chi connectivity index (χ4n) is 2.54. The van der Waals surface area contributed by atoms with Crippen molar-refractivity contribution in [1.29, 1.82) is 0 Å². The second kappa shape index (κ2) is 8.55. The molecule has 1 heterocycles. The highest BCUT2D eigenvalue weighted by molar-refractivity contribution is 7.99. The zero-order valence-electron chi connectivity index (χ0n) is 15.0. The van der Waals surface area contributed by atoms with E-state index >= 15 is 0 Å². The van der Waals surface area contributed by atoms with E-state index in [1.807, 2.05) is 36.4 Å². The predicted molar refractivity (Wildman–Crippen MR) is 108 cm³/mol. The molecule has 0 aliphatic carbocycles. The van der Waals surface area contributed by atoms with Gasteiger partial charge in [0, 0.05) is 18.0 Å². The van der Waals surface area contributed by atoms with Crippen LogP contribution in [-0.4, -0.2) is 29.7 Å². The van der Waals surface area contributed by atoms with Crippen LogP contribution in [0.25, 0.3) is 10.9 Å². The van der Waals surface area contributed by atoms with Crippen molar-refractivity contribution >= 4 is 45.9 Å². The van der Waals surface area contributed by atoms with Gasteiger partial charge in [0.1, 0.15) is 5.75 Å².